The molecule has 0 aliphatic carbocycles. The Bertz CT molecular complexity index is 747. The van der Waals surface area contributed by atoms with Crippen LogP contribution in [0.25, 0.3) is 0 Å². The standard InChI is InChI=1S/C17H17Cl2NO2S/c1-11(15-9-6-13(18)10-16(15)19)20(2)17(21)12-4-7-14(8-5-12)23(3)22/h4-11H,1-3H3. The molecule has 1 amide bonds. The van der Waals surface area contributed by atoms with Crippen molar-refractivity contribution < 1.29 is 9.00 Å². The van der Waals surface area contributed by atoms with Crippen LogP contribution in [-0.4, -0.2) is 28.3 Å². The van der Waals surface area contributed by atoms with E-state index < -0.39 is 10.8 Å². The number of halogens is 2. The molecule has 6 heteroatoms. The zero-order chi connectivity index (χ0) is 17.1. The van der Waals surface area contributed by atoms with E-state index in [9.17, 15) is 9.00 Å². The van der Waals surface area contributed by atoms with Crippen molar-refractivity contribution in [1.29, 1.82) is 0 Å². The predicted octanol–water partition coefficient (Wildman–Crippen LogP) is 4.56. The topological polar surface area (TPSA) is 37.4 Å². The van der Waals surface area contributed by atoms with Crippen LogP contribution in [0, 0.1) is 0 Å². The van der Waals surface area contributed by atoms with Crippen LogP contribution >= 0.6 is 23.2 Å². The highest BCUT2D eigenvalue weighted by atomic mass is 35.5. The minimum Gasteiger partial charge on any atom is -0.335 e. The zero-order valence-corrected chi connectivity index (χ0v) is 15.4. The number of carbonyl (C=O) groups is 1. The van der Waals surface area contributed by atoms with Gasteiger partial charge in [0.25, 0.3) is 5.91 Å². The average molecular weight is 370 g/mol. The molecule has 2 atom stereocenters. The predicted molar refractivity (Wildman–Crippen MR) is 95.7 cm³/mol. The van der Waals surface area contributed by atoms with Crippen molar-refractivity contribution in [2.75, 3.05) is 13.3 Å². The van der Waals surface area contributed by atoms with E-state index in [0.29, 0.717) is 20.5 Å². The molecule has 0 spiro atoms. The van der Waals surface area contributed by atoms with Gasteiger partial charge in [0.05, 0.1) is 6.04 Å². The molecule has 0 heterocycles. The van der Waals surface area contributed by atoms with Crippen LogP contribution in [0.3, 0.4) is 0 Å². The summed E-state index contributed by atoms with van der Waals surface area (Å²) < 4.78 is 11.4. The maximum Gasteiger partial charge on any atom is 0.254 e. The zero-order valence-electron chi connectivity index (χ0n) is 13.0. The molecule has 0 aliphatic rings. The van der Waals surface area contributed by atoms with Crippen LogP contribution in [0.5, 0.6) is 0 Å². The molecule has 0 bridgehead atoms. The van der Waals surface area contributed by atoms with Gasteiger partial charge < -0.3 is 4.90 Å². The Morgan fingerprint density at radius 3 is 2.26 bits per heavy atom. The first-order chi connectivity index (χ1) is 10.8. The van der Waals surface area contributed by atoms with Gasteiger partial charge in [0.15, 0.2) is 0 Å². The van der Waals surface area contributed by atoms with Gasteiger partial charge in [-0.1, -0.05) is 29.3 Å². The molecule has 0 N–H and O–H groups in total. The third-order valence-corrected chi connectivity index (χ3v) is 5.25. The van der Waals surface area contributed by atoms with E-state index in [4.69, 9.17) is 23.2 Å². The highest BCUT2D eigenvalue weighted by molar-refractivity contribution is 7.84. The van der Waals surface area contributed by atoms with E-state index in [1.54, 1.807) is 54.6 Å². The van der Waals surface area contributed by atoms with Crippen molar-refractivity contribution in [2.24, 2.45) is 0 Å². The SMILES string of the molecule is CC(c1ccc(Cl)cc1Cl)N(C)C(=O)c1ccc(S(C)=O)cc1. The number of hydrogen-bond donors (Lipinski definition) is 0. The van der Waals surface area contributed by atoms with Crippen molar-refractivity contribution in [3.8, 4) is 0 Å². The van der Waals surface area contributed by atoms with Gasteiger partial charge in [0.2, 0.25) is 0 Å². The molecule has 2 aromatic carbocycles. The van der Waals surface area contributed by atoms with Gasteiger partial charge in [0, 0.05) is 44.6 Å². The molecule has 2 unspecified atom stereocenters. The first kappa shape index (κ1) is 18.0. The minimum atomic E-state index is -1.06. The summed E-state index contributed by atoms with van der Waals surface area (Å²) in [6.45, 7) is 1.91. The number of nitrogens with zero attached hydrogens (tertiary/aromatic N) is 1. The fourth-order valence-corrected chi connectivity index (χ4v) is 3.30. The van der Waals surface area contributed by atoms with Gasteiger partial charge in [0.1, 0.15) is 0 Å². The van der Waals surface area contributed by atoms with Crippen LogP contribution in [0.4, 0.5) is 0 Å². The van der Waals surface area contributed by atoms with E-state index in [2.05, 4.69) is 0 Å². The first-order valence-corrected chi connectivity index (χ1v) is 9.28. The van der Waals surface area contributed by atoms with Gasteiger partial charge in [-0.2, -0.15) is 0 Å². The molecular weight excluding hydrogens is 353 g/mol. The smallest absolute Gasteiger partial charge is 0.254 e. The summed E-state index contributed by atoms with van der Waals surface area (Å²) in [5.41, 5.74) is 1.37. The fourth-order valence-electron chi connectivity index (χ4n) is 2.22. The molecule has 0 fully saturated rings. The summed E-state index contributed by atoms with van der Waals surface area (Å²) >= 11 is 12.1. The fraction of sp³-hybridized carbons (Fsp3) is 0.235. The second-order valence-corrected chi connectivity index (χ2v) is 7.46. The summed E-state index contributed by atoms with van der Waals surface area (Å²) in [7, 11) is 0.666. The lowest BCUT2D eigenvalue weighted by Gasteiger charge is -2.26. The van der Waals surface area contributed by atoms with Crippen molar-refractivity contribution >= 4 is 39.9 Å². The van der Waals surface area contributed by atoms with E-state index in [1.807, 2.05) is 13.0 Å². The minimum absolute atomic E-state index is 0.128. The molecule has 0 aromatic heterocycles. The summed E-state index contributed by atoms with van der Waals surface area (Å²) in [5, 5.41) is 1.09. The largest absolute Gasteiger partial charge is 0.335 e. The van der Waals surface area contributed by atoms with Crippen LogP contribution in [0.2, 0.25) is 10.0 Å². The second kappa shape index (κ2) is 7.47. The van der Waals surface area contributed by atoms with Gasteiger partial charge in [-0.15, -0.1) is 0 Å². The van der Waals surface area contributed by atoms with Crippen LogP contribution < -0.4 is 0 Å². The van der Waals surface area contributed by atoms with E-state index in [-0.39, 0.29) is 11.9 Å². The Kier molecular flexibility index (Phi) is 5.84. The van der Waals surface area contributed by atoms with Crippen molar-refractivity contribution in [3.63, 3.8) is 0 Å². The van der Waals surface area contributed by atoms with Crippen LogP contribution in [-0.2, 0) is 10.8 Å². The molecule has 0 saturated heterocycles. The monoisotopic (exact) mass is 369 g/mol. The maximum absolute atomic E-state index is 12.6. The molecule has 122 valence electrons. The number of rotatable bonds is 4. The average Bonchev–Trinajstić information content (AvgIpc) is 2.53. The summed E-state index contributed by atoms with van der Waals surface area (Å²) in [6.07, 6.45) is 1.60. The van der Waals surface area contributed by atoms with Gasteiger partial charge >= 0.3 is 0 Å². The number of carbonyl (C=O) groups excluding carboxylic acids is 1. The van der Waals surface area contributed by atoms with Crippen molar-refractivity contribution in [2.45, 2.75) is 17.9 Å². The molecule has 23 heavy (non-hydrogen) atoms. The van der Waals surface area contributed by atoms with Crippen molar-refractivity contribution in [1.82, 2.24) is 4.90 Å². The third kappa shape index (κ3) is 4.14. The molecule has 2 rings (SSSR count). The molecule has 0 aliphatic heterocycles. The lowest BCUT2D eigenvalue weighted by molar-refractivity contribution is 0.0742. The Balaban J connectivity index is 2.22. The van der Waals surface area contributed by atoms with E-state index in [1.165, 1.54) is 0 Å². The van der Waals surface area contributed by atoms with E-state index >= 15 is 0 Å². The Labute approximate surface area is 148 Å². The lowest BCUT2D eigenvalue weighted by Crippen LogP contribution is -2.29. The summed E-state index contributed by atoms with van der Waals surface area (Å²) in [6, 6.07) is 11.8. The van der Waals surface area contributed by atoms with Gasteiger partial charge in [-0.3, -0.25) is 9.00 Å². The quantitative estimate of drug-likeness (QED) is 0.791. The number of amides is 1. The van der Waals surface area contributed by atoms with Gasteiger partial charge in [-0.25, -0.2) is 0 Å². The van der Waals surface area contributed by atoms with E-state index in [0.717, 1.165) is 5.56 Å². The Hall–Kier alpha value is -1.36. The Morgan fingerprint density at radius 2 is 1.74 bits per heavy atom. The molecule has 3 nitrogen and oxygen atoms in total. The molecule has 0 saturated carbocycles. The lowest BCUT2D eigenvalue weighted by atomic mass is 10.1. The van der Waals surface area contributed by atoms with Crippen LogP contribution in [0.1, 0.15) is 28.9 Å². The molecule has 0 radical (unpaired) electrons. The highest BCUT2D eigenvalue weighted by Gasteiger charge is 2.21. The van der Waals surface area contributed by atoms with Crippen LogP contribution in [0.15, 0.2) is 47.4 Å². The second-order valence-electron chi connectivity index (χ2n) is 5.24. The first-order valence-electron chi connectivity index (χ1n) is 6.97. The Morgan fingerprint density at radius 1 is 1.13 bits per heavy atom. The third-order valence-electron chi connectivity index (χ3n) is 3.75. The molecule has 2 aromatic rings. The number of benzene rings is 2. The van der Waals surface area contributed by atoms with Crippen molar-refractivity contribution in [3.05, 3.63) is 63.6 Å². The summed E-state index contributed by atoms with van der Waals surface area (Å²) in [4.78, 5) is 14.9. The van der Waals surface area contributed by atoms with Gasteiger partial charge in [-0.05, 0) is 48.9 Å². The number of hydrogen-bond acceptors (Lipinski definition) is 2. The highest BCUT2D eigenvalue weighted by Crippen LogP contribution is 2.29. The normalized spacial score (nSPS) is 13.4. The summed E-state index contributed by atoms with van der Waals surface area (Å²) in [5.74, 6) is -0.128. The maximum atomic E-state index is 12.6. The molecular formula is C17H17Cl2NO2S.